The molecule has 2 amide bonds. The Bertz CT molecular complexity index is 1270. The van der Waals surface area contributed by atoms with Gasteiger partial charge >= 0.3 is 12.4 Å². The van der Waals surface area contributed by atoms with Gasteiger partial charge < -0.3 is 20.3 Å². The summed E-state index contributed by atoms with van der Waals surface area (Å²) < 4.78 is 43.0. The summed E-state index contributed by atoms with van der Waals surface area (Å²) in [4.78, 5) is 21.1. The van der Waals surface area contributed by atoms with Crippen molar-refractivity contribution in [3.8, 4) is 16.9 Å². The van der Waals surface area contributed by atoms with Crippen LogP contribution >= 0.6 is 11.6 Å². The summed E-state index contributed by atoms with van der Waals surface area (Å²) in [6.07, 6.45) is -1.16. The molecule has 1 fully saturated rings. The van der Waals surface area contributed by atoms with Gasteiger partial charge in [0.25, 0.3) is 0 Å². The monoisotopic (exact) mass is 517 g/mol. The highest BCUT2D eigenvalue weighted by atomic mass is 35.5. The predicted octanol–water partition coefficient (Wildman–Crippen LogP) is 5.30. The van der Waals surface area contributed by atoms with E-state index in [4.69, 9.17) is 11.6 Å². The number of ether oxygens (including phenoxy) is 1. The number of anilines is 3. The van der Waals surface area contributed by atoms with Crippen LogP contribution in [0.2, 0.25) is 5.02 Å². The van der Waals surface area contributed by atoms with Crippen LogP contribution in [0.25, 0.3) is 11.1 Å². The number of alkyl halides is 3. The van der Waals surface area contributed by atoms with Crippen molar-refractivity contribution in [3.63, 3.8) is 0 Å². The van der Waals surface area contributed by atoms with Crippen molar-refractivity contribution in [2.24, 2.45) is 0 Å². The molecule has 2 N–H and O–H groups in total. The van der Waals surface area contributed by atoms with Crippen molar-refractivity contribution in [2.75, 3.05) is 47.8 Å². The van der Waals surface area contributed by atoms with Gasteiger partial charge in [0.2, 0.25) is 0 Å². The summed E-state index contributed by atoms with van der Waals surface area (Å²) in [5.74, 6) is -0.436. The average Bonchev–Trinajstić information content (AvgIpc) is 3.26. The summed E-state index contributed by atoms with van der Waals surface area (Å²) in [6, 6.07) is 10.7. The second kappa shape index (κ2) is 9.87. The van der Waals surface area contributed by atoms with Crippen molar-refractivity contribution in [3.05, 3.63) is 65.4 Å². The highest BCUT2D eigenvalue weighted by Gasteiger charge is 2.32. The first kappa shape index (κ1) is 24.2. The van der Waals surface area contributed by atoms with Gasteiger partial charge in [-0.25, -0.2) is 4.79 Å². The number of pyridine rings is 1. The number of benzene rings is 2. The summed E-state index contributed by atoms with van der Waals surface area (Å²) in [5, 5.41) is 6.67. The number of halogens is 4. The molecule has 0 radical (unpaired) electrons. The molecule has 0 bridgehead atoms. The lowest BCUT2D eigenvalue weighted by Crippen LogP contribution is -2.43. The van der Waals surface area contributed by atoms with Gasteiger partial charge in [-0.15, -0.1) is 13.2 Å². The van der Waals surface area contributed by atoms with E-state index in [1.807, 2.05) is 12.1 Å². The Balaban J connectivity index is 1.42. The zero-order valence-electron chi connectivity index (χ0n) is 19.1. The van der Waals surface area contributed by atoms with E-state index in [9.17, 15) is 18.0 Å². The molecule has 1 saturated heterocycles. The second-order valence-electron chi connectivity index (χ2n) is 8.54. The van der Waals surface area contributed by atoms with Crippen LogP contribution in [-0.2, 0) is 6.42 Å². The zero-order valence-corrected chi connectivity index (χ0v) is 19.9. The smallest absolute Gasteiger partial charge is 0.406 e. The van der Waals surface area contributed by atoms with Crippen LogP contribution in [0, 0.1) is 0 Å². The first-order valence-corrected chi connectivity index (χ1v) is 11.8. The molecule has 11 heteroatoms. The van der Waals surface area contributed by atoms with E-state index < -0.39 is 18.1 Å². The largest absolute Gasteiger partial charge is 0.573 e. The topological polar surface area (TPSA) is 69.7 Å². The van der Waals surface area contributed by atoms with E-state index in [-0.39, 0.29) is 5.69 Å². The summed E-state index contributed by atoms with van der Waals surface area (Å²) in [7, 11) is 0. The molecule has 0 saturated carbocycles. The quantitative estimate of drug-likeness (QED) is 0.491. The van der Waals surface area contributed by atoms with Crippen molar-refractivity contribution in [2.45, 2.75) is 12.8 Å². The van der Waals surface area contributed by atoms with Crippen LogP contribution in [0.15, 0.2) is 54.9 Å². The molecule has 36 heavy (non-hydrogen) atoms. The summed E-state index contributed by atoms with van der Waals surface area (Å²) in [6.45, 7) is 3.71. The van der Waals surface area contributed by atoms with Gasteiger partial charge in [-0.2, -0.15) is 0 Å². The number of nitrogens with one attached hydrogen (secondary N) is 2. The Morgan fingerprint density at radius 3 is 2.58 bits per heavy atom. The maximum Gasteiger partial charge on any atom is 0.573 e. The fourth-order valence-corrected chi connectivity index (χ4v) is 4.82. The van der Waals surface area contributed by atoms with E-state index in [1.54, 1.807) is 29.3 Å². The molecule has 2 aliphatic rings. The van der Waals surface area contributed by atoms with Crippen molar-refractivity contribution in [1.29, 1.82) is 0 Å². The Labute approximate surface area is 210 Å². The molecule has 0 aliphatic carbocycles. The molecule has 0 unspecified atom stereocenters. The fourth-order valence-electron chi connectivity index (χ4n) is 4.51. The number of fused-ring (bicyclic) bond motifs is 1. The third kappa shape index (κ3) is 5.34. The normalized spacial score (nSPS) is 15.6. The molecule has 5 rings (SSSR count). The molecule has 7 nitrogen and oxygen atoms in total. The standard InChI is InChI=1S/C25H23ClF3N5O2/c26-21-12-16-3-7-34(22(16)14-23(21)33-8-5-30-6-9-33)24(35)32-19-10-18(17-2-1-4-31-15-17)11-20(13-19)36-25(27,28)29/h1-2,4,10-15,30H,3,5-9H2,(H,32,35). The third-order valence-corrected chi connectivity index (χ3v) is 6.44. The number of hydrogen-bond donors (Lipinski definition) is 2. The number of nitrogens with zero attached hydrogens (tertiary/aromatic N) is 3. The van der Waals surface area contributed by atoms with Gasteiger partial charge in [0.15, 0.2) is 0 Å². The SMILES string of the molecule is O=C(Nc1cc(OC(F)(F)F)cc(-c2cccnc2)c1)N1CCc2cc(Cl)c(N3CCNCC3)cc21. The van der Waals surface area contributed by atoms with E-state index in [0.717, 1.165) is 49.2 Å². The maximum atomic E-state index is 13.3. The summed E-state index contributed by atoms with van der Waals surface area (Å²) in [5.41, 5.74) is 3.72. The Kier molecular flexibility index (Phi) is 6.63. The van der Waals surface area contributed by atoms with Crippen molar-refractivity contribution >= 4 is 34.7 Å². The van der Waals surface area contributed by atoms with Crippen molar-refractivity contribution < 1.29 is 22.7 Å². The first-order valence-electron chi connectivity index (χ1n) is 11.4. The lowest BCUT2D eigenvalue weighted by atomic mass is 10.1. The van der Waals surface area contributed by atoms with Crippen LogP contribution < -0.4 is 25.2 Å². The van der Waals surface area contributed by atoms with Gasteiger partial charge in [-0.3, -0.25) is 9.88 Å². The van der Waals surface area contributed by atoms with Gasteiger partial charge in [0.1, 0.15) is 5.75 Å². The number of urea groups is 1. The third-order valence-electron chi connectivity index (χ3n) is 6.13. The first-order chi connectivity index (χ1) is 17.3. The number of carbonyl (C=O) groups excluding carboxylic acids is 1. The maximum absolute atomic E-state index is 13.3. The van der Waals surface area contributed by atoms with Crippen molar-refractivity contribution in [1.82, 2.24) is 10.3 Å². The minimum Gasteiger partial charge on any atom is -0.406 e. The Morgan fingerprint density at radius 2 is 1.86 bits per heavy atom. The molecule has 188 valence electrons. The number of hydrogen-bond acceptors (Lipinski definition) is 5. The Hall–Kier alpha value is -3.50. The number of rotatable bonds is 4. The average molecular weight is 518 g/mol. The van der Waals surface area contributed by atoms with Crippen LogP contribution in [0.1, 0.15) is 5.56 Å². The van der Waals surface area contributed by atoms with E-state index in [2.05, 4.69) is 25.3 Å². The van der Waals surface area contributed by atoms with Gasteiger partial charge in [-0.05, 0) is 47.9 Å². The number of aromatic nitrogens is 1. The molecule has 0 spiro atoms. The number of piperazine rings is 1. The van der Waals surface area contributed by atoms with Gasteiger partial charge in [-0.1, -0.05) is 17.7 Å². The molecular weight excluding hydrogens is 495 g/mol. The highest BCUT2D eigenvalue weighted by Crippen LogP contribution is 2.38. The minimum absolute atomic E-state index is 0.172. The lowest BCUT2D eigenvalue weighted by Gasteiger charge is -2.31. The molecular formula is C25H23ClF3N5O2. The van der Waals surface area contributed by atoms with E-state index in [1.165, 1.54) is 12.3 Å². The van der Waals surface area contributed by atoms with Crippen LogP contribution in [-0.4, -0.2) is 50.1 Å². The van der Waals surface area contributed by atoms with E-state index in [0.29, 0.717) is 29.1 Å². The zero-order chi connectivity index (χ0) is 25.3. The molecule has 0 atom stereocenters. The summed E-state index contributed by atoms with van der Waals surface area (Å²) >= 11 is 6.55. The molecule has 3 aromatic rings. The minimum atomic E-state index is -4.87. The van der Waals surface area contributed by atoms with Crippen LogP contribution in [0.3, 0.4) is 0 Å². The lowest BCUT2D eigenvalue weighted by molar-refractivity contribution is -0.274. The second-order valence-corrected chi connectivity index (χ2v) is 8.94. The van der Waals surface area contributed by atoms with Crippen LogP contribution in [0.5, 0.6) is 5.75 Å². The van der Waals surface area contributed by atoms with Crippen LogP contribution in [0.4, 0.5) is 35.0 Å². The molecule has 1 aromatic heterocycles. The predicted molar refractivity (Wildman–Crippen MR) is 133 cm³/mol. The molecule has 2 aromatic carbocycles. The number of carbonyl (C=O) groups is 1. The van der Waals surface area contributed by atoms with E-state index >= 15 is 0 Å². The molecule has 2 aliphatic heterocycles. The Morgan fingerprint density at radius 1 is 1.06 bits per heavy atom. The van der Waals surface area contributed by atoms with Gasteiger partial charge in [0, 0.05) is 62.4 Å². The molecule has 3 heterocycles. The number of amides is 2. The fraction of sp³-hybridized carbons (Fsp3) is 0.280. The highest BCUT2D eigenvalue weighted by molar-refractivity contribution is 6.33. The van der Waals surface area contributed by atoms with Gasteiger partial charge in [0.05, 0.1) is 16.4 Å².